The molecule has 0 spiro atoms. The third-order valence-electron chi connectivity index (χ3n) is 2.06. The van der Waals surface area contributed by atoms with E-state index in [1.807, 2.05) is 0 Å². The lowest BCUT2D eigenvalue weighted by Crippen LogP contribution is -1.89. The average Bonchev–Trinajstić information content (AvgIpc) is 2.28. The van der Waals surface area contributed by atoms with E-state index in [0.717, 1.165) is 0 Å². The lowest BCUT2D eigenvalue weighted by molar-refractivity contribution is 0.476. The Morgan fingerprint density at radius 1 is 1.19 bits per heavy atom. The van der Waals surface area contributed by atoms with E-state index >= 15 is 0 Å². The lowest BCUT2D eigenvalue weighted by atomic mass is 10.1. The van der Waals surface area contributed by atoms with Gasteiger partial charge in [0.25, 0.3) is 0 Å². The minimum atomic E-state index is -0.655. The fraction of sp³-hybridized carbons (Fsp3) is 0.0909. The number of alkyl halides is 1. The minimum absolute atomic E-state index is 0.0737. The van der Waals surface area contributed by atoms with Crippen molar-refractivity contribution in [2.24, 2.45) is 0 Å². The van der Waals surface area contributed by atoms with Crippen LogP contribution in [0.3, 0.4) is 0 Å². The molecule has 0 aliphatic carbocycles. The predicted molar refractivity (Wildman–Crippen MR) is 57.2 cm³/mol. The van der Waals surface area contributed by atoms with E-state index < -0.39 is 12.6 Å². The summed E-state index contributed by atoms with van der Waals surface area (Å²) in [5.74, 6) is -0.655. The van der Waals surface area contributed by atoms with Crippen LogP contribution >= 0.6 is 11.6 Å². The molecule has 0 aliphatic heterocycles. The third kappa shape index (κ3) is 2.33. The van der Waals surface area contributed by atoms with Crippen LogP contribution in [0.5, 0.6) is 0 Å². The van der Waals surface area contributed by atoms with Crippen molar-refractivity contribution in [3.63, 3.8) is 0 Å². The van der Waals surface area contributed by atoms with Crippen LogP contribution in [0.15, 0.2) is 30.5 Å². The number of nitrogens with zero attached hydrogens (tertiary/aromatic N) is 2. The molecule has 0 fully saturated rings. The van der Waals surface area contributed by atoms with Gasteiger partial charge in [0.05, 0.1) is 5.69 Å². The van der Waals surface area contributed by atoms with Gasteiger partial charge in [0.15, 0.2) is 0 Å². The number of hydrogen-bond donors (Lipinski definition) is 0. The summed E-state index contributed by atoms with van der Waals surface area (Å²) in [6.45, 7) is -0.619. The van der Waals surface area contributed by atoms with Crippen molar-refractivity contribution in [1.29, 1.82) is 0 Å². The molecule has 0 bridgehead atoms. The summed E-state index contributed by atoms with van der Waals surface area (Å²) in [5.41, 5.74) is 1.57. The van der Waals surface area contributed by atoms with Crippen LogP contribution in [-0.4, -0.2) is 9.97 Å². The van der Waals surface area contributed by atoms with E-state index in [-0.39, 0.29) is 5.15 Å². The fourth-order valence-electron chi connectivity index (χ4n) is 1.31. The van der Waals surface area contributed by atoms with Crippen LogP contribution in [0.4, 0.5) is 8.78 Å². The number of hydrogen-bond acceptors (Lipinski definition) is 2. The highest BCUT2D eigenvalue weighted by Gasteiger charge is 2.04. The first-order chi connectivity index (χ1) is 7.69. The maximum Gasteiger partial charge on any atom is 0.214 e. The highest BCUT2D eigenvalue weighted by molar-refractivity contribution is 6.29. The van der Waals surface area contributed by atoms with Crippen LogP contribution in [0.2, 0.25) is 5.15 Å². The summed E-state index contributed by atoms with van der Waals surface area (Å²) >= 11 is 5.63. The van der Waals surface area contributed by atoms with Crippen molar-refractivity contribution in [2.75, 3.05) is 0 Å². The molecule has 0 saturated heterocycles. The Morgan fingerprint density at radius 2 is 2.00 bits per heavy atom. The molecule has 0 N–H and O–H groups in total. The second-order valence-electron chi connectivity index (χ2n) is 3.17. The second-order valence-corrected chi connectivity index (χ2v) is 3.56. The Morgan fingerprint density at radius 3 is 2.56 bits per heavy atom. The summed E-state index contributed by atoms with van der Waals surface area (Å²) in [5, 5.41) is 0.0737. The number of rotatable bonds is 2. The molecule has 0 atom stereocenters. The van der Waals surface area contributed by atoms with Crippen LogP contribution in [-0.2, 0) is 6.67 Å². The Bertz CT molecular complexity index is 480. The number of aromatic nitrogens is 2. The van der Waals surface area contributed by atoms with Gasteiger partial charge in [0.2, 0.25) is 5.95 Å². The molecule has 0 radical (unpaired) electrons. The molecule has 5 heteroatoms. The topological polar surface area (TPSA) is 25.8 Å². The molecule has 82 valence electrons. The highest BCUT2D eigenvalue weighted by Crippen LogP contribution is 2.22. The Hall–Kier alpha value is -1.55. The third-order valence-corrected chi connectivity index (χ3v) is 2.25. The monoisotopic (exact) mass is 240 g/mol. The molecular weight excluding hydrogens is 234 g/mol. The van der Waals surface area contributed by atoms with E-state index in [1.54, 1.807) is 12.1 Å². The van der Waals surface area contributed by atoms with Gasteiger partial charge in [-0.25, -0.2) is 9.37 Å². The van der Waals surface area contributed by atoms with Crippen molar-refractivity contribution < 1.29 is 8.78 Å². The van der Waals surface area contributed by atoms with Gasteiger partial charge in [-0.15, -0.1) is 0 Å². The SMILES string of the molecule is FCc1ccc(-c2cc(F)nc(Cl)c2)cn1. The zero-order valence-corrected chi connectivity index (χ0v) is 8.88. The van der Waals surface area contributed by atoms with Gasteiger partial charge in [-0.05, 0) is 17.7 Å². The first-order valence-electron chi connectivity index (χ1n) is 4.53. The summed E-state index contributed by atoms with van der Waals surface area (Å²) < 4.78 is 25.2. The molecule has 0 saturated carbocycles. The highest BCUT2D eigenvalue weighted by atomic mass is 35.5. The molecule has 2 rings (SSSR count). The summed E-state index contributed by atoms with van der Waals surface area (Å²) in [6.07, 6.45) is 1.47. The molecule has 2 nitrogen and oxygen atoms in total. The molecule has 16 heavy (non-hydrogen) atoms. The van der Waals surface area contributed by atoms with Crippen LogP contribution in [0.25, 0.3) is 11.1 Å². The predicted octanol–water partition coefficient (Wildman–Crippen LogP) is 3.41. The summed E-state index contributed by atoms with van der Waals surface area (Å²) in [7, 11) is 0. The summed E-state index contributed by atoms with van der Waals surface area (Å²) in [4.78, 5) is 7.28. The van der Waals surface area contributed by atoms with E-state index in [0.29, 0.717) is 16.8 Å². The molecule has 2 aromatic heterocycles. The van der Waals surface area contributed by atoms with Gasteiger partial charge in [-0.1, -0.05) is 17.7 Å². The maximum atomic E-state index is 13.0. The van der Waals surface area contributed by atoms with E-state index in [1.165, 1.54) is 18.3 Å². The quantitative estimate of drug-likeness (QED) is 0.752. The van der Waals surface area contributed by atoms with Crippen LogP contribution < -0.4 is 0 Å². The largest absolute Gasteiger partial charge is 0.258 e. The van der Waals surface area contributed by atoms with Crippen molar-refractivity contribution >= 4 is 11.6 Å². The van der Waals surface area contributed by atoms with Crippen molar-refractivity contribution in [2.45, 2.75) is 6.67 Å². The minimum Gasteiger partial charge on any atom is -0.258 e. The van der Waals surface area contributed by atoms with Gasteiger partial charge >= 0.3 is 0 Å². The Balaban J connectivity index is 2.42. The standard InChI is InChI=1S/C11H7ClF2N2/c12-10-3-8(4-11(14)16-10)7-1-2-9(5-13)15-6-7/h1-4,6H,5H2. The molecule has 0 aliphatic rings. The molecule has 0 unspecified atom stereocenters. The first-order valence-corrected chi connectivity index (χ1v) is 4.91. The van der Waals surface area contributed by atoms with Gasteiger partial charge in [-0.3, -0.25) is 4.98 Å². The number of halogens is 3. The van der Waals surface area contributed by atoms with Crippen molar-refractivity contribution in [3.8, 4) is 11.1 Å². The van der Waals surface area contributed by atoms with Gasteiger partial charge in [0.1, 0.15) is 11.8 Å². The second kappa shape index (κ2) is 4.53. The van der Waals surface area contributed by atoms with Crippen LogP contribution in [0.1, 0.15) is 5.69 Å². The van der Waals surface area contributed by atoms with Gasteiger partial charge in [-0.2, -0.15) is 4.39 Å². The number of pyridine rings is 2. The molecule has 2 aromatic rings. The summed E-state index contributed by atoms with van der Waals surface area (Å²) in [6, 6.07) is 5.98. The van der Waals surface area contributed by atoms with E-state index in [9.17, 15) is 8.78 Å². The van der Waals surface area contributed by atoms with Crippen LogP contribution in [0, 0.1) is 5.95 Å². The zero-order valence-electron chi connectivity index (χ0n) is 8.12. The molecular formula is C11H7ClF2N2. The zero-order chi connectivity index (χ0) is 11.5. The maximum absolute atomic E-state index is 13.0. The molecule has 0 amide bonds. The van der Waals surface area contributed by atoms with Crippen molar-refractivity contribution in [3.05, 3.63) is 47.3 Å². The smallest absolute Gasteiger partial charge is 0.214 e. The fourth-order valence-corrected chi connectivity index (χ4v) is 1.50. The van der Waals surface area contributed by atoms with Gasteiger partial charge in [0, 0.05) is 17.8 Å². The van der Waals surface area contributed by atoms with Gasteiger partial charge < -0.3 is 0 Å². The van der Waals surface area contributed by atoms with Crippen molar-refractivity contribution in [1.82, 2.24) is 9.97 Å². The Labute approximate surface area is 95.9 Å². The van der Waals surface area contributed by atoms with E-state index in [4.69, 9.17) is 11.6 Å². The average molecular weight is 241 g/mol. The van der Waals surface area contributed by atoms with E-state index in [2.05, 4.69) is 9.97 Å². The normalized spacial score (nSPS) is 10.4. The lowest BCUT2D eigenvalue weighted by Gasteiger charge is -2.02. The molecule has 2 heterocycles. The Kier molecular flexibility index (Phi) is 3.10. The first kappa shape index (κ1) is 11.0. The molecule has 0 aromatic carbocycles.